The first-order valence-electron chi connectivity index (χ1n) is 8.17. The van der Waals surface area contributed by atoms with Gasteiger partial charge in [0.15, 0.2) is 5.60 Å². The lowest BCUT2D eigenvalue weighted by molar-refractivity contribution is -0.157. The van der Waals surface area contributed by atoms with Crippen LogP contribution in [0.1, 0.15) is 39.2 Å². The minimum atomic E-state index is -1.34. The number of piperidine rings is 1. The Hall–Kier alpha value is -1.46. The third-order valence-corrected chi connectivity index (χ3v) is 4.06. The number of likely N-dealkylation sites (tertiary alicyclic amines) is 1. The first-order chi connectivity index (χ1) is 10.7. The molecule has 5 heteroatoms. The molecule has 0 radical (unpaired) electrons. The van der Waals surface area contributed by atoms with Crippen molar-refractivity contribution in [3.05, 3.63) is 35.6 Å². The highest BCUT2D eigenvalue weighted by Crippen LogP contribution is 2.24. The summed E-state index contributed by atoms with van der Waals surface area (Å²) >= 11 is 0. The highest BCUT2D eigenvalue weighted by Gasteiger charge is 2.41. The summed E-state index contributed by atoms with van der Waals surface area (Å²) in [5, 5.41) is 13.9. The molecule has 0 bridgehead atoms. The second-order valence-corrected chi connectivity index (χ2v) is 7.65. The van der Waals surface area contributed by atoms with E-state index in [4.69, 9.17) is 0 Å². The van der Waals surface area contributed by atoms with Gasteiger partial charge in [-0.2, -0.15) is 0 Å². The molecule has 2 rings (SSSR count). The maximum atomic E-state index is 13.0. The van der Waals surface area contributed by atoms with Gasteiger partial charge in [0.1, 0.15) is 5.82 Å². The zero-order valence-corrected chi connectivity index (χ0v) is 14.2. The third kappa shape index (κ3) is 5.01. The molecule has 0 aromatic heterocycles. The first kappa shape index (κ1) is 17.9. The molecule has 128 valence electrons. The van der Waals surface area contributed by atoms with Gasteiger partial charge >= 0.3 is 0 Å². The fourth-order valence-electron chi connectivity index (χ4n) is 2.83. The summed E-state index contributed by atoms with van der Waals surface area (Å²) in [4.78, 5) is 14.3. The van der Waals surface area contributed by atoms with Crippen LogP contribution < -0.4 is 5.32 Å². The summed E-state index contributed by atoms with van der Waals surface area (Å²) in [5.74, 6) is -0.531. The minimum Gasteiger partial charge on any atom is -0.379 e. The number of carbonyl (C=O) groups is 1. The van der Waals surface area contributed by atoms with E-state index in [-0.39, 0.29) is 23.7 Å². The number of nitrogens with one attached hydrogen (secondary N) is 1. The molecule has 0 spiro atoms. The molecule has 1 aromatic carbocycles. The number of halogens is 1. The van der Waals surface area contributed by atoms with Gasteiger partial charge in [0.05, 0.1) is 0 Å². The SMILES string of the molecule is CC(C)(C)CNCC1(O)CCCN(Cc2ccc(F)cc2)C1=O. The second kappa shape index (κ2) is 6.97. The molecule has 1 unspecified atom stereocenters. The van der Waals surface area contributed by atoms with Crippen molar-refractivity contribution in [2.45, 2.75) is 45.8 Å². The Bertz CT molecular complexity index is 539. The molecular formula is C18H27FN2O2. The number of benzene rings is 1. The fraction of sp³-hybridized carbons (Fsp3) is 0.611. The summed E-state index contributed by atoms with van der Waals surface area (Å²) < 4.78 is 13.0. The van der Waals surface area contributed by atoms with Crippen molar-refractivity contribution in [1.82, 2.24) is 10.2 Å². The highest BCUT2D eigenvalue weighted by molar-refractivity contribution is 5.86. The van der Waals surface area contributed by atoms with Gasteiger partial charge in [-0.3, -0.25) is 4.79 Å². The van der Waals surface area contributed by atoms with Gasteiger partial charge in [0, 0.05) is 26.2 Å². The van der Waals surface area contributed by atoms with Crippen LogP contribution >= 0.6 is 0 Å². The molecule has 1 fully saturated rings. The topological polar surface area (TPSA) is 52.6 Å². The molecular weight excluding hydrogens is 295 g/mol. The average Bonchev–Trinajstić information content (AvgIpc) is 2.45. The number of amides is 1. The minimum absolute atomic E-state index is 0.0991. The van der Waals surface area contributed by atoms with E-state index in [0.29, 0.717) is 19.5 Å². The molecule has 1 aromatic rings. The number of rotatable bonds is 5. The summed E-state index contributed by atoms with van der Waals surface area (Å²) in [6.45, 7) is 8.34. The predicted molar refractivity (Wildman–Crippen MR) is 88.3 cm³/mol. The standard InChI is InChI=1S/C18H27FN2O2/c1-17(2,3)12-20-13-18(23)9-4-10-21(16(18)22)11-14-5-7-15(19)8-6-14/h5-8,20,23H,4,9-13H2,1-3H3. The quantitative estimate of drug-likeness (QED) is 0.875. The molecule has 1 atom stereocenters. The normalized spacial score (nSPS) is 22.5. The maximum Gasteiger partial charge on any atom is 0.256 e. The lowest BCUT2D eigenvalue weighted by Gasteiger charge is -2.39. The van der Waals surface area contributed by atoms with Crippen LogP contribution in [0, 0.1) is 11.2 Å². The predicted octanol–water partition coefficient (Wildman–Crippen LogP) is 2.31. The van der Waals surface area contributed by atoms with E-state index < -0.39 is 5.60 Å². The van der Waals surface area contributed by atoms with Gasteiger partial charge in [0.2, 0.25) is 0 Å². The lowest BCUT2D eigenvalue weighted by Crippen LogP contribution is -2.58. The Kier molecular flexibility index (Phi) is 5.42. The number of carbonyl (C=O) groups excluding carboxylic acids is 1. The average molecular weight is 322 g/mol. The van der Waals surface area contributed by atoms with Gasteiger partial charge in [-0.1, -0.05) is 32.9 Å². The van der Waals surface area contributed by atoms with Crippen LogP contribution in [-0.4, -0.2) is 41.1 Å². The molecule has 4 nitrogen and oxygen atoms in total. The van der Waals surface area contributed by atoms with Crippen LogP contribution in [0.2, 0.25) is 0 Å². The van der Waals surface area contributed by atoms with Gasteiger partial charge in [-0.25, -0.2) is 4.39 Å². The molecule has 1 aliphatic heterocycles. The van der Waals surface area contributed by atoms with E-state index in [1.165, 1.54) is 12.1 Å². The van der Waals surface area contributed by atoms with E-state index in [0.717, 1.165) is 18.5 Å². The summed E-state index contributed by atoms with van der Waals surface area (Å²) in [6, 6.07) is 6.13. The Labute approximate surface area is 137 Å². The van der Waals surface area contributed by atoms with Crippen molar-refractivity contribution in [3.63, 3.8) is 0 Å². The van der Waals surface area contributed by atoms with Gasteiger partial charge in [-0.05, 0) is 36.0 Å². The third-order valence-electron chi connectivity index (χ3n) is 4.06. The monoisotopic (exact) mass is 322 g/mol. The number of nitrogens with zero attached hydrogens (tertiary/aromatic N) is 1. The molecule has 0 aliphatic carbocycles. The van der Waals surface area contributed by atoms with E-state index in [1.54, 1.807) is 17.0 Å². The van der Waals surface area contributed by atoms with Crippen LogP contribution in [0.3, 0.4) is 0 Å². The Morgan fingerprint density at radius 3 is 2.57 bits per heavy atom. The van der Waals surface area contributed by atoms with E-state index >= 15 is 0 Å². The maximum absolute atomic E-state index is 13.0. The Balaban J connectivity index is 1.97. The van der Waals surface area contributed by atoms with Crippen molar-refractivity contribution in [3.8, 4) is 0 Å². The lowest BCUT2D eigenvalue weighted by atomic mass is 9.90. The first-order valence-corrected chi connectivity index (χ1v) is 8.17. The van der Waals surface area contributed by atoms with E-state index in [2.05, 4.69) is 26.1 Å². The Morgan fingerprint density at radius 1 is 1.30 bits per heavy atom. The van der Waals surface area contributed by atoms with Crippen LogP contribution in [0.4, 0.5) is 4.39 Å². The van der Waals surface area contributed by atoms with Crippen LogP contribution in [0.5, 0.6) is 0 Å². The van der Waals surface area contributed by atoms with Gasteiger partial charge < -0.3 is 15.3 Å². The van der Waals surface area contributed by atoms with Gasteiger partial charge in [0.25, 0.3) is 5.91 Å². The van der Waals surface area contributed by atoms with E-state index in [1.807, 2.05) is 0 Å². The summed E-state index contributed by atoms with van der Waals surface area (Å²) in [7, 11) is 0. The largest absolute Gasteiger partial charge is 0.379 e. The van der Waals surface area contributed by atoms with Crippen molar-refractivity contribution in [2.24, 2.45) is 5.41 Å². The molecule has 1 saturated heterocycles. The zero-order chi connectivity index (χ0) is 17.1. The van der Waals surface area contributed by atoms with Crippen molar-refractivity contribution in [2.75, 3.05) is 19.6 Å². The van der Waals surface area contributed by atoms with Crippen LogP contribution in [0.15, 0.2) is 24.3 Å². The number of hydrogen-bond acceptors (Lipinski definition) is 3. The zero-order valence-electron chi connectivity index (χ0n) is 14.2. The van der Waals surface area contributed by atoms with Crippen LogP contribution in [0.25, 0.3) is 0 Å². The molecule has 1 aliphatic rings. The number of aliphatic hydroxyl groups is 1. The molecule has 0 saturated carbocycles. The van der Waals surface area contributed by atoms with Crippen LogP contribution in [-0.2, 0) is 11.3 Å². The molecule has 23 heavy (non-hydrogen) atoms. The fourth-order valence-corrected chi connectivity index (χ4v) is 2.83. The molecule has 2 N–H and O–H groups in total. The second-order valence-electron chi connectivity index (χ2n) is 7.65. The van der Waals surface area contributed by atoms with Crippen molar-refractivity contribution >= 4 is 5.91 Å². The van der Waals surface area contributed by atoms with Crippen molar-refractivity contribution in [1.29, 1.82) is 0 Å². The smallest absolute Gasteiger partial charge is 0.256 e. The Morgan fingerprint density at radius 2 is 1.96 bits per heavy atom. The van der Waals surface area contributed by atoms with Gasteiger partial charge in [-0.15, -0.1) is 0 Å². The molecule has 1 amide bonds. The molecule has 1 heterocycles. The summed E-state index contributed by atoms with van der Waals surface area (Å²) in [6.07, 6.45) is 1.24. The summed E-state index contributed by atoms with van der Waals surface area (Å²) in [5.41, 5.74) is -0.377. The van der Waals surface area contributed by atoms with Crippen molar-refractivity contribution < 1.29 is 14.3 Å². The van der Waals surface area contributed by atoms with E-state index in [9.17, 15) is 14.3 Å². The highest BCUT2D eigenvalue weighted by atomic mass is 19.1. The number of hydrogen-bond donors (Lipinski definition) is 2.